The van der Waals surface area contributed by atoms with Gasteiger partial charge in [0.2, 0.25) is 0 Å². The highest BCUT2D eigenvalue weighted by atomic mass is 79.9. The third-order valence-electron chi connectivity index (χ3n) is 5.93. The molecule has 1 unspecified atom stereocenters. The van der Waals surface area contributed by atoms with Crippen LogP contribution in [0.3, 0.4) is 0 Å². The van der Waals surface area contributed by atoms with Crippen molar-refractivity contribution >= 4 is 21.7 Å². The van der Waals surface area contributed by atoms with Crippen LogP contribution in [-0.4, -0.2) is 43.1 Å². The number of Topliss-reactive ketones (excluding diaryl/α,β-unsaturated/α-hetero) is 1. The van der Waals surface area contributed by atoms with Crippen LogP contribution < -0.4 is 9.47 Å². The van der Waals surface area contributed by atoms with E-state index in [0.717, 1.165) is 48.7 Å². The Balaban J connectivity index is 1.29. The summed E-state index contributed by atoms with van der Waals surface area (Å²) in [4.78, 5) is 14.8. The van der Waals surface area contributed by atoms with Gasteiger partial charge in [-0.3, -0.25) is 14.1 Å². The zero-order valence-electron chi connectivity index (χ0n) is 19.0. The van der Waals surface area contributed by atoms with Crippen molar-refractivity contribution in [3.63, 3.8) is 0 Å². The number of nitrogens with zero attached hydrogens (tertiary/aromatic N) is 1. The Kier molecular flexibility index (Phi) is 8.72. The summed E-state index contributed by atoms with van der Waals surface area (Å²) in [6.45, 7) is 2.74. The van der Waals surface area contributed by atoms with Gasteiger partial charge in [-0.2, -0.15) is 0 Å². The van der Waals surface area contributed by atoms with Crippen LogP contribution in [0.5, 0.6) is 11.5 Å². The largest absolute Gasteiger partial charge is 0.489 e. The summed E-state index contributed by atoms with van der Waals surface area (Å²) in [7, 11) is 0. The lowest BCUT2D eigenvalue weighted by Gasteiger charge is -2.16. The molecule has 6 heteroatoms. The summed E-state index contributed by atoms with van der Waals surface area (Å²) >= 11 is 3.55. The van der Waals surface area contributed by atoms with E-state index in [-0.39, 0.29) is 18.6 Å². The maximum atomic E-state index is 13.0. The van der Waals surface area contributed by atoms with Crippen LogP contribution in [0.2, 0.25) is 0 Å². The smallest absolute Gasteiger partial charge is 0.180 e. The average molecular weight is 526 g/mol. The lowest BCUT2D eigenvalue weighted by Crippen LogP contribution is -2.26. The molecule has 0 spiro atoms. The monoisotopic (exact) mass is 525 g/mol. The third-order valence-corrected chi connectivity index (χ3v) is 6.87. The molecule has 0 radical (unpaired) electrons. The van der Waals surface area contributed by atoms with E-state index in [1.165, 1.54) is 0 Å². The number of likely N-dealkylation sites (tertiary alicyclic amines) is 1. The maximum Gasteiger partial charge on any atom is 0.180 e. The number of hydrogen-bond donors (Lipinski definition) is 0. The van der Waals surface area contributed by atoms with Crippen LogP contribution in [0.4, 0.5) is 4.39 Å². The number of ether oxygens (including phenoxy) is 2. The molecule has 1 aliphatic rings. The molecule has 4 nitrogen and oxygen atoms in total. The number of hydrogen-bond acceptors (Lipinski definition) is 4. The van der Waals surface area contributed by atoms with Crippen LogP contribution in [0, 0.1) is 0 Å². The minimum absolute atomic E-state index is 0.0113. The molecule has 2 atom stereocenters. The highest BCUT2D eigenvalue weighted by Crippen LogP contribution is 2.30. The number of ketones is 1. The van der Waals surface area contributed by atoms with Crippen molar-refractivity contribution in [1.82, 2.24) is 4.90 Å². The molecule has 0 aromatic heterocycles. The third kappa shape index (κ3) is 6.67. The molecular formula is C28H29BrFNO3. The van der Waals surface area contributed by atoms with Gasteiger partial charge in [-0.25, -0.2) is 0 Å². The Morgan fingerprint density at radius 1 is 1.00 bits per heavy atom. The molecule has 0 N–H and O–H groups in total. The first-order chi connectivity index (χ1) is 16.6. The van der Waals surface area contributed by atoms with Gasteiger partial charge in [-0.15, -0.1) is 0 Å². The van der Waals surface area contributed by atoms with Gasteiger partial charge in [0, 0.05) is 25.2 Å². The normalized spacial score (nSPS) is 16.8. The van der Waals surface area contributed by atoms with Crippen LogP contribution in [0.1, 0.15) is 39.2 Å². The quantitative estimate of drug-likeness (QED) is 0.214. The van der Waals surface area contributed by atoms with Crippen molar-refractivity contribution in [2.75, 3.05) is 26.3 Å². The Bertz CT molecular complexity index is 1040. The van der Waals surface area contributed by atoms with E-state index in [1.807, 2.05) is 66.7 Å². The molecule has 0 saturated carbocycles. The van der Waals surface area contributed by atoms with Crippen LogP contribution >= 0.6 is 15.9 Å². The highest BCUT2D eigenvalue weighted by Gasteiger charge is 2.24. The lowest BCUT2D eigenvalue weighted by molar-refractivity contribution is 0.0991. The number of carbonyl (C=O) groups excluding carboxylic acids is 1. The van der Waals surface area contributed by atoms with Gasteiger partial charge in [0.15, 0.2) is 5.78 Å². The summed E-state index contributed by atoms with van der Waals surface area (Å²) in [6, 6.07) is 24.9. The minimum atomic E-state index is -0.443. The van der Waals surface area contributed by atoms with Crippen molar-refractivity contribution in [1.29, 1.82) is 0 Å². The molecule has 34 heavy (non-hydrogen) atoms. The summed E-state index contributed by atoms with van der Waals surface area (Å²) in [6.07, 6.45) is 1.61. The first kappa shape index (κ1) is 24.4. The topological polar surface area (TPSA) is 38.8 Å². The van der Waals surface area contributed by atoms with Crippen LogP contribution in [0.25, 0.3) is 0 Å². The molecule has 4 rings (SSSR count). The second-order valence-corrected chi connectivity index (χ2v) is 9.38. The van der Waals surface area contributed by atoms with Crippen molar-refractivity contribution < 1.29 is 18.7 Å². The molecule has 1 aliphatic heterocycles. The van der Waals surface area contributed by atoms with Gasteiger partial charge >= 0.3 is 0 Å². The van der Waals surface area contributed by atoms with Gasteiger partial charge < -0.3 is 9.47 Å². The van der Waals surface area contributed by atoms with Gasteiger partial charge in [0.05, 0.1) is 6.67 Å². The van der Waals surface area contributed by atoms with Crippen molar-refractivity contribution in [3.05, 3.63) is 95.6 Å². The van der Waals surface area contributed by atoms with E-state index in [4.69, 9.17) is 9.47 Å². The first-order valence-electron chi connectivity index (χ1n) is 11.6. The van der Waals surface area contributed by atoms with Gasteiger partial charge in [-0.1, -0.05) is 58.4 Å². The molecule has 0 aliphatic carbocycles. The van der Waals surface area contributed by atoms with Crippen molar-refractivity contribution in [2.24, 2.45) is 0 Å². The molecule has 178 valence electrons. The molecule has 3 aromatic carbocycles. The molecule has 1 fully saturated rings. The number of halogens is 2. The Labute approximate surface area is 208 Å². The molecule has 3 aromatic rings. The number of benzene rings is 3. The zero-order valence-corrected chi connectivity index (χ0v) is 20.6. The second kappa shape index (κ2) is 12.1. The van der Waals surface area contributed by atoms with Crippen LogP contribution in [-0.2, 0) is 6.61 Å². The van der Waals surface area contributed by atoms with E-state index in [9.17, 15) is 9.18 Å². The molecule has 1 heterocycles. The van der Waals surface area contributed by atoms with E-state index in [0.29, 0.717) is 18.6 Å². The predicted molar refractivity (Wildman–Crippen MR) is 136 cm³/mol. The number of alkyl halides is 2. The first-order valence-corrected chi connectivity index (χ1v) is 12.5. The summed E-state index contributed by atoms with van der Waals surface area (Å²) in [5.41, 5.74) is 2.60. The van der Waals surface area contributed by atoms with Gasteiger partial charge in [0.25, 0.3) is 0 Å². The lowest BCUT2D eigenvalue weighted by atomic mass is 10.0. The van der Waals surface area contributed by atoms with Crippen molar-refractivity contribution in [2.45, 2.75) is 30.4 Å². The minimum Gasteiger partial charge on any atom is -0.489 e. The van der Waals surface area contributed by atoms with Gasteiger partial charge in [0.1, 0.15) is 29.0 Å². The SMILES string of the molecule is O=C(c1ccc(O[C@H]2CCN(CCCF)C2)cc1)C(Br)c1ccc(OCc2ccccc2)cc1. The van der Waals surface area contributed by atoms with Gasteiger partial charge in [-0.05, 0) is 60.4 Å². The molecular weight excluding hydrogens is 497 g/mol. The second-order valence-electron chi connectivity index (χ2n) is 8.47. The maximum absolute atomic E-state index is 13.0. The van der Waals surface area contributed by atoms with Crippen molar-refractivity contribution in [3.8, 4) is 11.5 Å². The summed E-state index contributed by atoms with van der Waals surface area (Å²) < 4.78 is 24.3. The van der Waals surface area contributed by atoms with E-state index in [2.05, 4.69) is 20.8 Å². The number of carbonyl (C=O) groups is 1. The number of rotatable bonds is 11. The fraction of sp³-hybridized carbons (Fsp3) is 0.321. The standard InChI is InChI=1S/C28H29BrFNO3/c29-27(22-7-11-24(12-8-22)33-20-21-5-2-1-3-6-21)28(32)23-9-13-25(14-10-23)34-26-15-18-31(19-26)17-4-16-30/h1-3,5-14,26-27H,4,15-20H2/t26-,27?/m0/s1. The molecule has 1 saturated heterocycles. The Hall–Kier alpha value is -2.70. The van der Waals surface area contributed by atoms with E-state index in [1.54, 1.807) is 12.1 Å². The fourth-order valence-electron chi connectivity index (χ4n) is 4.04. The van der Waals surface area contributed by atoms with Crippen LogP contribution in [0.15, 0.2) is 78.9 Å². The average Bonchev–Trinajstić information content (AvgIpc) is 3.34. The molecule has 0 bridgehead atoms. The Morgan fingerprint density at radius 2 is 1.71 bits per heavy atom. The van der Waals surface area contributed by atoms with E-state index < -0.39 is 4.83 Å². The summed E-state index contributed by atoms with van der Waals surface area (Å²) in [5, 5.41) is 0. The molecule has 0 amide bonds. The predicted octanol–water partition coefficient (Wildman–Crippen LogP) is 6.40. The highest BCUT2D eigenvalue weighted by molar-refractivity contribution is 9.09. The summed E-state index contributed by atoms with van der Waals surface area (Å²) in [5.74, 6) is 1.50. The fourth-order valence-corrected chi connectivity index (χ4v) is 4.61. The zero-order chi connectivity index (χ0) is 23.8. The van der Waals surface area contributed by atoms with E-state index >= 15 is 0 Å². The Morgan fingerprint density at radius 3 is 2.41 bits per heavy atom.